The first-order chi connectivity index (χ1) is 14.5. The van der Waals surface area contributed by atoms with Gasteiger partial charge in [0.05, 0.1) is 0 Å². The Balaban J connectivity index is 3.35. The molecule has 12 heteroatoms. The van der Waals surface area contributed by atoms with Gasteiger partial charge < -0.3 is 28.6 Å². The van der Waals surface area contributed by atoms with Crippen LogP contribution in [0, 0.1) is 0 Å². The van der Waals surface area contributed by atoms with Gasteiger partial charge in [-0.15, -0.1) is 0 Å². The summed E-state index contributed by atoms with van der Waals surface area (Å²) in [6, 6.07) is 0. The van der Waals surface area contributed by atoms with Crippen molar-refractivity contribution in [2.24, 2.45) is 0 Å². The first kappa shape index (κ1) is 27.1. The van der Waals surface area contributed by atoms with E-state index in [0.717, 1.165) is 11.8 Å². The molecular weight excluding hydrogens is 450 g/mol. The molecule has 0 aliphatic carbocycles. The molecule has 0 aromatic carbocycles. The predicted molar refractivity (Wildman–Crippen MR) is 115 cm³/mol. The van der Waals surface area contributed by atoms with Crippen molar-refractivity contribution in [2.45, 2.75) is 71.4 Å². The summed E-state index contributed by atoms with van der Waals surface area (Å²) in [4.78, 5) is 48.6. The molecule has 31 heavy (non-hydrogen) atoms. The van der Waals surface area contributed by atoms with Crippen molar-refractivity contribution in [3.63, 3.8) is 0 Å². The number of ether oxygens (including phenoxy) is 5. The molecule has 176 valence electrons. The van der Waals surface area contributed by atoms with E-state index in [1.54, 1.807) is 0 Å². The standard InChI is InChI=1S/C19H29NO9S2/c1-7-20(8-2)19(30)31-18-17(28-13(6)24)16(27-12(5)23)15(26-11(4)22)14(29-18)9-25-10(3)21/h14-18H,7-9H2,1-6H3/t14-,15-,16+,17-,18+/m0/s1. The Bertz CT molecular complexity index is 683. The van der Waals surface area contributed by atoms with Gasteiger partial charge in [0.2, 0.25) is 0 Å². The number of rotatable bonds is 8. The first-order valence-corrected chi connectivity index (χ1v) is 11.0. The molecular formula is C19H29NO9S2. The number of thioether (sulfide) groups is 1. The molecule has 0 aromatic heterocycles. The minimum atomic E-state index is -1.20. The van der Waals surface area contributed by atoms with Gasteiger partial charge in [-0.2, -0.15) is 0 Å². The SMILES string of the molecule is CCN(CC)C(=S)S[C@H]1O[C@@H](COC(C)=O)[C@H](OC(C)=O)[C@@H](OC(C)=O)[C@@H]1OC(C)=O. The van der Waals surface area contributed by atoms with Gasteiger partial charge in [-0.3, -0.25) is 19.2 Å². The van der Waals surface area contributed by atoms with E-state index in [-0.39, 0.29) is 6.61 Å². The summed E-state index contributed by atoms with van der Waals surface area (Å²) in [5.74, 6) is -2.57. The summed E-state index contributed by atoms with van der Waals surface area (Å²) >= 11 is 6.59. The summed E-state index contributed by atoms with van der Waals surface area (Å²) in [6.45, 7) is 9.65. The van der Waals surface area contributed by atoms with Gasteiger partial charge in [0, 0.05) is 40.8 Å². The number of nitrogens with zero attached hydrogens (tertiary/aromatic N) is 1. The maximum atomic E-state index is 11.8. The zero-order chi connectivity index (χ0) is 23.7. The van der Waals surface area contributed by atoms with Gasteiger partial charge in [-0.25, -0.2) is 0 Å². The monoisotopic (exact) mass is 479 g/mol. The Morgan fingerprint density at radius 2 is 1.32 bits per heavy atom. The highest BCUT2D eigenvalue weighted by Crippen LogP contribution is 2.35. The molecule has 1 heterocycles. The zero-order valence-electron chi connectivity index (χ0n) is 18.4. The summed E-state index contributed by atoms with van der Waals surface area (Å²) in [5, 5.41) is 0. The zero-order valence-corrected chi connectivity index (χ0v) is 20.1. The molecule has 0 bridgehead atoms. The van der Waals surface area contributed by atoms with Crippen LogP contribution in [0.25, 0.3) is 0 Å². The van der Waals surface area contributed by atoms with Crippen LogP contribution in [-0.2, 0) is 42.9 Å². The lowest BCUT2D eigenvalue weighted by Crippen LogP contribution is -2.61. The largest absolute Gasteiger partial charge is 0.463 e. The molecule has 1 aliphatic rings. The Labute approximate surface area is 191 Å². The van der Waals surface area contributed by atoms with Crippen LogP contribution in [0.4, 0.5) is 0 Å². The quantitative estimate of drug-likeness (QED) is 0.285. The average Bonchev–Trinajstić information content (AvgIpc) is 2.64. The highest BCUT2D eigenvalue weighted by atomic mass is 32.2. The van der Waals surface area contributed by atoms with Gasteiger partial charge in [0.25, 0.3) is 0 Å². The van der Waals surface area contributed by atoms with E-state index in [1.807, 2.05) is 18.7 Å². The van der Waals surface area contributed by atoms with Crippen LogP contribution in [0.3, 0.4) is 0 Å². The summed E-state index contributed by atoms with van der Waals surface area (Å²) in [6.07, 6.45) is -4.49. The van der Waals surface area contributed by atoms with Crippen molar-refractivity contribution in [1.29, 1.82) is 0 Å². The van der Waals surface area contributed by atoms with Crippen LogP contribution in [0.15, 0.2) is 0 Å². The predicted octanol–water partition coefficient (Wildman–Crippen LogP) is 1.43. The van der Waals surface area contributed by atoms with Crippen molar-refractivity contribution in [2.75, 3.05) is 19.7 Å². The molecule has 0 N–H and O–H groups in total. The normalized spacial score (nSPS) is 25.2. The fourth-order valence-corrected chi connectivity index (χ4v) is 4.63. The van der Waals surface area contributed by atoms with E-state index in [9.17, 15) is 19.2 Å². The number of hydrogen-bond acceptors (Lipinski definition) is 11. The molecule has 0 amide bonds. The summed E-state index contributed by atoms with van der Waals surface area (Å²) < 4.78 is 27.7. The first-order valence-electron chi connectivity index (χ1n) is 9.76. The molecule has 1 fully saturated rings. The highest BCUT2D eigenvalue weighted by molar-refractivity contribution is 8.23. The fourth-order valence-electron chi connectivity index (χ4n) is 2.94. The third-order valence-electron chi connectivity index (χ3n) is 4.19. The average molecular weight is 480 g/mol. The second-order valence-electron chi connectivity index (χ2n) is 6.62. The molecule has 0 spiro atoms. The van der Waals surface area contributed by atoms with Crippen molar-refractivity contribution in [3.05, 3.63) is 0 Å². The van der Waals surface area contributed by atoms with Crippen LogP contribution >= 0.6 is 24.0 Å². The lowest BCUT2D eigenvalue weighted by molar-refractivity contribution is -0.237. The molecule has 1 rings (SSSR count). The lowest BCUT2D eigenvalue weighted by atomic mass is 9.99. The second-order valence-corrected chi connectivity index (χ2v) is 8.36. The maximum Gasteiger partial charge on any atom is 0.303 e. The van der Waals surface area contributed by atoms with Crippen LogP contribution < -0.4 is 0 Å². The van der Waals surface area contributed by atoms with E-state index < -0.39 is 53.7 Å². The highest BCUT2D eigenvalue weighted by Gasteiger charge is 2.52. The van der Waals surface area contributed by atoms with Crippen LogP contribution in [0.2, 0.25) is 0 Å². The lowest BCUT2D eigenvalue weighted by Gasteiger charge is -2.44. The molecule has 5 atom stereocenters. The van der Waals surface area contributed by atoms with Crippen molar-refractivity contribution in [1.82, 2.24) is 4.90 Å². The van der Waals surface area contributed by atoms with Crippen molar-refractivity contribution >= 4 is 52.2 Å². The molecule has 10 nitrogen and oxygen atoms in total. The van der Waals surface area contributed by atoms with Gasteiger partial charge >= 0.3 is 23.9 Å². The topological polar surface area (TPSA) is 118 Å². The third kappa shape index (κ3) is 8.62. The molecule has 0 radical (unpaired) electrons. The van der Waals surface area contributed by atoms with E-state index in [4.69, 9.17) is 35.9 Å². The fraction of sp³-hybridized carbons (Fsp3) is 0.737. The van der Waals surface area contributed by atoms with Gasteiger partial charge in [0.1, 0.15) is 17.0 Å². The molecule has 0 aromatic rings. The molecule has 1 aliphatic heterocycles. The number of thiocarbonyl (C=S) groups is 1. The molecule has 0 unspecified atom stereocenters. The third-order valence-corrected chi connectivity index (χ3v) is 5.81. The number of carbonyl (C=O) groups is 4. The Morgan fingerprint density at radius 3 is 1.77 bits per heavy atom. The minimum Gasteiger partial charge on any atom is -0.463 e. The molecule has 0 saturated carbocycles. The van der Waals surface area contributed by atoms with E-state index in [1.165, 1.54) is 27.7 Å². The second kappa shape index (κ2) is 12.8. The Morgan fingerprint density at radius 1 is 0.839 bits per heavy atom. The van der Waals surface area contributed by atoms with Crippen molar-refractivity contribution in [3.8, 4) is 0 Å². The molecule has 1 saturated heterocycles. The minimum absolute atomic E-state index is 0.271. The van der Waals surface area contributed by atoms with Crippen LogP contribution in [0.5, 0.6) is 0 Å². The van der Waals surface area contributed by atoms with Crippen LogP contribution in [0.1, 0.15) is 41.5 Å². The number of hydrogen-bond donors (Lipinski definition) is 0. The summed E-state index contributed by atoms with van der Waals surface area (Å²) in [5.41, 5.74) is -0.909. The number of carbonyl (C=O) groups excluding carboxylic acids is 4. The Hall–Kier alpha value is -1.92. The van der Waals surface area contributed by atoms with Crippen molar-refractivity contribution < 1.29 is 42.9 Å². The van der Waals surface area contributed by atoms with E-state index in [2.05, 4.69) is 0 Å². The van der Waals surface area contributed by atoms with Gasteiger partial charge in [-0.1, -0.05) is 24.0 Å². The van der Waals surface area contributed by atoms with Gasteiger partial charge in [0.15, 0.2) is 23.7 Å². The number of esters is 4. The summed E-state index contributed by atoms with van der Waals surface area (Å²) in [7, 11) is 0. The van der Waals surface area contributed by atoms with E-state index in [0.29, 0.717) is 17.4 Å². The van der Waals surface area contributed by atoms with Crippen LogP contribution in [-0.4, -0.2) is 82.6 Å². The van der Waals surface area contributed by atoms with Gasteiger partial charge in [-0.05, 0) is 13.8 Å². The maximum absolute atomic E-state index is 11.8. The van der Waals surface area contributed by atoms with E-state index >= 15 is 0 Å². The smallest absolute Gasteiger partial charge is 0.303 e. The Kier molecular flexibility index (Phi) is 11.2.